The molecule has 0 spiro atoms. The summed E-state index contributed by atoms with van der Waals surface area (Å²) in [4.78, 5) is 4.66. The number of benzene rings is 1. The molecule has 3 aromatic rings. The zero-order valence-corrected chi connectivity index (χ0v) is 11.0. The minimum absolute atomic E-state index is 0.561. The van der Waals surface area contributed by atoms with Crippen LogP contribution in [0.1, 0.15) is 12.7 Å². The van der Waals surface area contributed by atoms with Crippen molar-refractivity contribution in [3.8, 4) is 0 Å². The summed E-state index contributed by atoms with van der Waals surface area (Å²) >= 11 is 0. The van der Waals surface area contributed by atoms with Crippen molar-refractivity contribution in [3.05, 3.63) is 42.4 Å². The maximum atomic E-state index is 5.62. The van der Waals surface area contributed by atoms with Gasteiger partial charge in [0.15, 0.2) is 0 Å². The number of nitrogens with two attached hydrogens (primary N) is 1. The van der Waals surface area contributed by atoms with Crippen LogP contribution in [-0.2, 0) is 19.5 Å². The average Bonchev–Trinajstić information content (AvgIpc) is 2.99. The number of aryl methyl sites for hydroxylation is 3. The first-order valence-corrected chi connectivity index (χ1v) is 6.51. The number of aromatic nitrogens is 4. The van der Waals surface area contributed by atoms with Crippen LogP contribution in [0.4, 0.5) is 5.82 Å². The van der Waals surface area contributed by atoms with Crippen LogP contribution < -0.4 is 5.73 Å². The second-order valence-electron chi connectivity index (χ2n) is 4.53. The Morgan fingerprint density at radius 3 is 2.74 bits per heavy atom. The fraction of sp³-hybridized carbons (Fsp3) is 0.286. The number of para-hydroxylation sites is 2. The standard InChI is InChI=1S/C14H17N5/c1-2-14-16-11-5-3-4-6-12(11)19(14)10-9-18-8-7-13(15)17-18/h3-8H,2,9-10H2,1H3,(H2,15,17). The van der Waals surface area contributed by atoms with Gasteiger partial charge in [-0.3, -0.25) is 4.68 Å². The van der Waals surface area contributed by atoms with Gasteiger partial charge in [0.05, 0.1) is 17.6 Å². The number of anilines is 1. The predicted molar refractivity (Wildman–Crippen MR) is 75.8 cm³/mol. The number of fused-ring (bicyclic) bond motifs is 1. The molecule has 0 aliphatic carbocycles. The Kier molecular flexibility index (Phi) is 2.95. The van der Waals surface area contributed by atoms with Gasteiger partial charge in [0.1, 0.15) is 11.6 Å². The van der Waals surface area contributed by atoms with Crippen LogP contribution in [0, 0.1) is 0 Å². The van der Waals surface area contributed by atoms with Crippen molar-refractivity contribution in [2.45, 2.75) is 26.4 Å². The first-order chi connectivity index (χ1) is 9.28. The summed E-state index contributed by atoms with van der Waals surface area (Å²) in [6, 6.07) is 10.0. The molecule has 0 unspecified atom stereocenters. The molecule has 3 rings (SSSR count). The molecule has 0 atom stereocenters. The Bertz CT molecular complexity index is 695. The summed E-state index contributed by atoms with van der Waals surface area (Å²) in [7, 11) is 0. The molecule has 2 heterocycles. The number of hydrogen-bond donors (Lipinski definition) is 1. The fourth-order valence-corrected chi connectivity index (χ4v) is 2.35. The van der Waals surface area contributed by atoms with E-state index in [9.17, 15) is 0 Å². The lowest BCUT2D eigenvalue weighted by atomic mass is 10.3. The topological polar surface area (TPSA) is 61.7 Å². The molecule has 1 aromatic carbocycles. The summed E-state index contributed by atoms with van der Waals surface area (Å²) in [5.74, 6) is 1.67. The normalized spacial score (nSPS) is 11.2. The van der Waals surface area contributed by atoms with Crippen LogP contribution in [0.15, 0.2) is 36.5 Å². The summed E-state index contributed by atoms with van der Waals surface area (Å²) in [5, 5.41) is 4.21. The Balaban J connectivity index is 1.90. The fourth-order valence-electron chi connectivity index (χ4n) is 2.35. The van der Waals surface area contributed by atoms with Gasteiger partial charge in [-0.1, -0.05) is 19.1 Å². The highest BCUT2D eigenvalue weighted by Gasteiger charge is 2.08. The Labute approximate surface area is 111 Å². The van der Waals surface area contributed by atoms with E-state index in [1.165, 1.54) is 5.52 Å². The third kappa shape index (κ3) is 2.19. The molecule has 5 heteroatoms. The molecular formula is C14H17N5. The molecule has 5 nitrogen and oxygen atoms in total. The van der Waals surface area contributed by atoms with E-state index in [0.29, 0.717) is 5.82 Å². The van der Waals surface area contributed by atoms with Crippen molar-refractivity contribution in [3.63, 3.8) is 0 Å². The van der Waals surface area contributed by atoms with Crippen LogP contribution in [0.25, 0.3) is 11.0 Å². The highest BCUT2D eigenvalue weighted by atomic mass is 15.3. The van der Waals surface area contributed by atoms with Gasteiger partial charge >= 0.3 is 0 Å². The lowest BCUT2D eigenvalue weighted by Crippen LogP contribution is -2.10. The van der Waals surface area contributed by atoms with Crippen LogP contribution >= 0.6 is 0 Å². The van der Waals surface area contributed by atoms with Gasteiger partial charge in [-0.15, -0.1) is 0 Å². The largest absolute Gasteiger partial charge is 0.382 e. The third-order valence-electron chi connectivity index (χ3n) is 3.26. The summed E-state index contributed by atoms with van der Waals surface area (Å²) in [6.07, 6.45) is 2.83. The zero-order chi connectivity index (χ0) is 13.2. The highest BCUT2D eigenvalue weighted by molar-refractivity contribution is 5.75. The minimum Gasteiger partial charge on any atom is -0.382 e. The number of rotatable bonds is 4. The predicted octanol–water partition coefficient (Wildman–Crippen LogP) is 2.08. The van der Waals surface area contributed by atoms with E-state index in [-0.39, 0.29) is 0 Å². The molecule has 0 radical (unpaired) electrons. The van der Waals surface area contributed by atoms with E-state index in [2.05, 4.69) is 33.7 Å². The van der Waals surface area contributed by atoms with E-state index in [1.54, 1.807) is 0 Å². The van der Waals surface area contributed by atoms with Gasteiger partial charge < -0.3 is 10.3 Å². The molecule has 98 valence electrons. The highest BCUT2D eigenvalue weighted by Crippen LogP contribution is 2.16. The maximum absolute atomic E-state index is 5.62. The molecule has 0 amide bonds. The lowest BCUT2D eigenvalue weighted by Gasteiger charge is -2.08. The van der Waals surface area contributed by atoms with E-state index in [4.69, 9.17) is 5.73 Å². The van der Waals surface area contributed by atoms with Crippen molar-refractivity contribution in [1.29, 1.82) is 0 Å². The number of nitrogen functional groups attached to an aromatic ring is 1. The average molecular weight is 255 g/mol. The Morgan fingerprint density at radius 2 is 2.00 bits per heavy atom. The van der Waals surface area contributed by atoms with Crippen molar-refractivity contribution < 1.29 is 0 Å². The van der Waals surface area contributed by atoms with Crippen molar-refractivity contribution >= 4 is 16.9 Å². The lowest BCUT2D eigenvalue weighted by molar-refractivity contribution is 0.531. The molecule has 0 bridgehead atoms. The molecule has 2 aromatic heterocycles. The van der Waals surface area contributed by atoms with Crippen LogP contribution in [-0.4, -0.2) is 19.3 Å². The van der Waals surface area contributed by atoms with Crippen LogP contribution in [0.2, 0.25) is 0 Å². The molecule has 0 fully saturated rings. The van der Waals surface area contributed by atoms with Gasteiger partial charge in [0.25, 0.3) is 0 Å². The van der Waals surface area contributed by atoms with Gasteiger partial charge in [0.2, 0.25) is 0 Å². The SMILES string of the molecule is CCc1nc2ccccc2n1CCn1ccc(N)n1. The Morgan fingerprint density at radius 1 is 1.16 bits per heavy atom. The quantitative estimate of drug-likeness (QED) is 0.776. The molecule has 19 heavy (non-hydrogen) atoms. The van der Waals surface area contributed by atoms with Crippen LogP contribution in [0.5, 0.6) is 0 Å². The van der Waals surface area contributed by atoms with Gasteiger partial charge in [-0.25, -0.2) is 4.98 Å². The smallest absolute Gasteiger partial charge is 0.145 e. The van der Waals surface area contributed by atoms with Crippen molar-refractivity contribution in [2.24, 2.45) is 0 Å². The van der Waals surface area contributed by atoms with E-state index < -0.39 is 0 Å². The van der Waals surface area contributed by atoms with Gasteiger partial charge in [0, 0.05) is 19.2 Å². The third-order valence-corrected chi connectivity index (χ3v) is 3.26. The maximum Gasteiger partial charge on any atom is 0.145 e. The van der Waals surface area contributed by atoms with E-state index >= 15 is 0 Å². The van der Waals surface area contributed by atoms with Crippen molar-refractivity contribution in [1.82, 2.24) is 19.3 Å². The van der Waals surface area contributed by atoms with E-state index in [1.807, 2.05) is 29.1 Å². The molecule has 0 saturated heterocycles. The summed E-state index contributed by atoms with van der Waals surface area (Å²) in [5.41, 5.74) is 7.86. The van der Waals surface area contributed by atoms with Gasteiger partial charge in [-0.2, -0.15) is 5.10 Å². The van der Waals surface area contributed by atoms with Crippen LogP contribution in [0.3, 0.4) is 0 Å². The summed E-state index contributed by atoms with van der Waals surface area (Å²) in [6.45, 7) is 3.78. The first-order valence-electron chi connectivity index (χ1n) is 6.51. The van der Waals surface area contributed by atoms with Gasteiger partial charge in [-0.05, 0) is 18.2 Å². The Hall–Kier alpha value is -2.30. The first kappa shape index (κ1) is 11.8. The molecule has 0 saturated carbocycles. The second-order valence-corrected chi connectivity index (χ2v) is 4.53. The molecule has 0 aliphatic rings. The molecular weight excluding hydrogens is 238 g/mol. The second kappa shape index (κ2) is 4.76. The monoisotopic (exact) mass is 255 g/mol. The molecule has 2 N–H and O–H groups in total. The zero-order valence-electron chi connectivity index (χ0n) is 11.0. The summed E-state index contributed by atoms with van der Waals surface area (Å²) < 4.78 is 4.12. The van der Waals surface area contributed by atoms with Crippen molar-refractivity contribution in [2.75, 3.05) is 5.73 Å². The number of imidazole rings is 1. The number of nitrogens with zero attached hydrogens (tertiary/aromatic N) is 4. The molecule has 0 aliphatic heterocycles. The minimum atomic E-state index is 0.561. The number of hydrogen-bond acceptors (Lipinski definition) is 3. The van der Waals surface area contributed by atoms with E-state index in [0.717, 1.165) is 30.9 Å².